The fourth-order valence-electron chi connectivity index (χ4n) is 2.84. The van der Waals surface area contributed by atoms with E-state index in [0.717, 1.165) is 29.7 Å². The molecule has 3 heterocycles. The summed E-state index contributed by atoms with van der Waals surface area (Å²) in [5.41, 5.74) is 3.24. The molecular formula is C16H14N4O3S3. The summed E-state index contributed by atoms with van der Waals surface area (Å²) in [6.45, 7) is 0.432. The summed E-state index contributed by atoms with van der Waals surface area (Å²) in [7, 11) is -3.71. The van der Waals surface area contributed by atoms with Gasteiger partial charge in [-0.15, -0.1) is 21.5 Å². The average Bonchev–Trinajstić information content (AvgIpc) is 3.33. The number of nitrogens with one attached hydrogen (secondary N) is 1. The van der Waals surface area contributed by atoms with Gasteiger partial charge in [-0.1, -0.05) is 29.5 Å². The van der Waals surface area contributed by atoms with E-state index in [-0.39, 0.29) is 4.90 Å². The molecule has 3 aromatic rings. The lowest BCUT2D eigenvalue weighted by Gasteiger charge is -2.30. The fraction of sp³-hybridized carbons (Fsp3) is 0.188. The number of hydrogen-bond acceptors (Lipinski definition) is 7. The van der Waals surface area contributed by atoms with Crippen LogP contribution in [-0.2, 0) is 16.4 Å². The molecule has 10 heteroatoms. The highest BCUT2D eigenvalue weighted by Crippen LogP contribution is 2.33. The Labute approximate surface area is 158 Å². The van der Waals surface area contributed by atoms with Crippen LogP contribution in [0.15, 0.2) is 46.1 Å². The molecule has 0 fully saturated rings. The lowest BCUT2D eigenvalue weighted by Crippen LogP contribution is -2.35. The van der Waals surface area contributed by atoms with Crippen LogP contribution in [-0.4, -0.2) is 31.1 Å². The number of anilines is 2. The van der Waals surface area contributed by atoms with E-state index in [1.165, 1.54) is 32.6 Å². The van der Waals surface area contributed by atoms with Gasteiger partial charge in [0, 0.05) is 11.9 Å². The number of carbonyl (C=O) groups is 1. The van der Waals surface area contributed by atoms with E-state index in [1.54, 1.807) is 0 Å². The largest absolute Gasteiger partial charge is 0.296 e. The smallest absolute Gasteiger partial charge is 0.267 e. The van der Waals surface area contributed by atoms with Crippen molar-refractivity contribution in [1.82, 2.24) is 10.2 Å². The molecule has 26 heavy (non-hydrogen) atoms. The minimum Gasteiger partial charge on any atom is -0.296 e. The topological polar surface area (TPSA) is 92.3 Å². The van der Waals surface area contributed by atoms with Crippen LogP contribution in [0.3, 0.4) is 0 Å². The summed E-state index contributed by atoms with van der Waals surface area (Å²) in [5, 5.41) is 11.9. The lowest BCUT2D eigenvalue weighted by molar-refractivity contribution is 0.103. The number of thiophene rings is 1. The molecule has 0 spiro atoms. The lowest BCUT2D eigenvalue weighted by atomic mass is 10.0. The number of nitrogens with zero attached hydrogens (tertiary/aromatic N) is 3. The van der Waals surface area contributed by atoms with Crippen LogP contribution >= 0.6 is 22.7 Å². The molecule has 2 aromatic heterocycles. The number of sulfonamides is 1. The van der Waals surface area contributed by atoms with Gasteiger partial charge in [-0.2, -0.15) is 0 Å². The first-order chi connectivity index (χ1) is 12.6. The quantitative estimate of drug-likeness (QED) is 0.719. The molecular weight excluding hydrogens is 392 g/mol. The minimum atomic E-state index is -3.71. The van der Waals surface area contributed by atoms with E-state index in [4.69, 9.17) is 0 Å². The number of aryl methyl sites for hydroxylation is 1. The molecule has 1 aliphatic rings. The molecule has 134 valence electrons. The summed E-state index contributed by atoms with van der Waals surface area (Å²) in [5.74, 6) is -0.396. The zero-order valence-electron chi connectivity index (χ0n) is 13.5. The van der Waals surface area contributed by atoms with Gasteiger partial charge in [0.15, 0.2) is 0 Å². The Bertz CT molecular complexity index is 1040. The predicted octanol–water partition coefficient (Wildman–Crippen LogP) is 2.99. The predicted molar refractivity (Wildman–Crippen MR) is 101 cm³/mol. The molecule has 1 aromatic carbocycles. The van der Waals surface area contributed by atoms with Crippen molar-refractivity contribution in [3.63, 3.8) is 0 Å². The fourth-order valence-corrected chi connectivity index (χ4v) is 5.97. The molecule has 0 saturated heterocycles. The van der Waals surface area contributed by atoms with Gasteiger partial charge in [0.05, 0.1) is 15.5 Å². The minimum absolute atomic E-state index is 0.126. The van der Waals surface area contributed by atoms with Crippen molar-refractivity contribution in [3.05, 3.63) is 51.7 Å². The molecule has 0 bridgehead atoms. The Morgan fingerprint density at radius 2 is 2.08 bits per heavy atom. The van der Waals surface area contributed by atoms with Gasteiger partial charge in [-0.25, -0.2) is 8.42 Å². The first kappa shape index (κ1) is 17.1. The second-order valence-electron chi connectivity index (χ2n) is 5.65. The third-order valence-corrected chi connectivity index (χ3v) is 7.51. The molecule has 0 radical (unpaired) electrons. The van der Waals surface area contributed by atoms with Crippen molar-refractivity contribution >= 4 is 49.4 Å². The van der Waals surface area contributed by atoms with Gasteiger partial charge in [-0.3, -0.25) is 14.4 Å². The van der Waals surface area contributed by atoms with Crippen molar-refractivity contribution < 1.29 is 13.2 Å². The first-order valence-electron chi connectivity index (χ1n) is 7.82. The molecule has 1 amide bonds. The average molecular weight is 407 g/mol. The monoisotopic (exact) mass is 406 g/mol. The first-order valence-corrected chi connectivity index (χ1v) is 11.0. The number of aromatic nitrogens is 2. The van der Waals surface area contributed by atoms with Crippen LogP contribution in [0.1, 0.15) is 21.7 Å². The van der Waals surface area contributed by atoms with Crippen molar-refractivity contribution in [2.24, 2.45) is 0 Å². The number of amides is 1. The molecule has 0 atom stereocenters. The number of para-hydroxylation sites is 1. The molecule has 1 N–H and O–H groups in total. The van der Waals surface area contributed by atoms with Gasteiger partial charge in [0.25, 0.3) is 15.9 Å². The van der Waals surface area contributed by atoms with Crippen molar-refractivity contribution in [1.29, 1.82) is 0 Å². The standard InChI is InChI=1S/C16H14N4O3S3/c21-15(18-16-19-17-10-25-16)14-8-12(9-24-14)26(22,23)20-7-3-5-11-4-1-2-6-13(11)20/h1-2,4,6,8-10H,3,5,7H2,(H,18,19,21). The van der Waals surface area contributed by atoms with E-state index in [9.17, 15) is 13.2 Å². The molecule has 0 unspecified atom stereocenters. The van der Waals surface area contributed by atoms with Crippen LogP contribution < -0.4 is 9.62 Å². The van der Waals surface area contributed by atoms with Gasteiger partial charge in [0.1, 0.15) is 5.51 Å². The number of fused-ring (bicyclic) bond motifs is 1. The maximum absolute atomic E-state index is 13.1. The van der Waals surface area contributed by atoms with Crippen LogP contribution in [0.5, 0.6) is 0 Å². The van der Waals surface area contributed by atoms with Crippen molar-refractivity contribution in [2.75, 3.05) is 16.2 Å². The maximum Gasteiger partial charge on any atom is 0.267 e. The van der Waals surface area contributed by atoms with E-state index in [0.29, 0.717) is 22.2 Å². The molecule has 4 rings (SSSR count). The summed E-state index contributed by atoms with van der Waals surface area (Å²) < 4.78 is 27.6. The van der Waals surface area contributed by atoms with Crippen molar-refractivity contribution in [2.45, 2.75) is 17.7 Å². The normalized spacial score (nSPS) is 14.1. The SMILES string of the molecule is O=C(Nc1nncs1)c1cc(S(=O)(=O)N2CCCc3ccccc32)cs1. The highest BCUT2D eigenvalue weighted by Gasteiger charge is 2.30. The summed E-state index contributed by atoms with van der Waals surface area (Å²) in [6.07, 6.45) is 1.63. The zero-order chi connectivity index (χ0) is 18.1. The summed E-state index contributed by atoms with van der Waals surface area (Å²) >= 11 is 2.29. The Morgan fingerprint density at radius 1 is 1.23 bits per heavy atom. The van der Waals surface area contributed by atoms with Crippen molar-refractivity contribution in [3.8, 4) is 0 Å². The van der Waals surface area contributed by atoms with E-state index < -0.39 is 15.9 Å². The van der Waals surface area contributed by atoms with E-state index >= 15 is 0 Å². The highest BCUT2D eigenvalue weighted by molar-refractivity contribution is 7.93. The maximum atomic E-state index is 13.1. The molecule has 0 aliphatic carbocycles. The highest BCUT2D eigenvalue weighted by atomic mass is 32.2. The van der Waals surface area contributed by atoms with Gasteiger partial charge < -0.3 is 0 Å². The third-order valence-electron chi connectivity index (χ3n) is 4.04. The van der Waals surface area contributed by atoms with Crippen LogP contribution in [0.4, 0.5) is 10.8 Å². The molecule has 1 aliphatic heterocycles. The van der Waals surface area contributed by atoms with Crippen LogP contribution in [0.2, 0.25) is 0 Å². The van der Waals surface area contributed by atoms with E-state index in [2.05, 4.69) is 15.5 Å². The molecule has 0 saturated carbocycles. The second kappa shape index (κ2) is 6.78. The van der Waals surface area contributed by atoms with E-state index in [1.807, 2.05) is 24.3 Å². The van der Waals surface area contributed by atoms with Gasteiger partial charge in [-0.05, 0) is 30.5 Å². The van der Waals surface area contributed by atoms with Gasteiger partial charge >= 0.3 is 0 Å². The third kappa shape index (κ3) is 3.11. The number of benzene rings is 1. The summed E-state index contributed by atoms with van der Waals surface area (Å²) in [6, 6.07) is 8.93. The Morgan fingerprint density at radius 3 is 2.88 bits per heavy atom. The summed E-state index contributed by atoms with van der Waals surface area (Å²) in [4.78, 5) is 12.7. The number of rotatable bonds is 4. The second-order valence-corrected chi connectivity index (χ2v) is 9.26. The van der Waals surface area contributed by atoms with Crippen LogP contribution in [0.25, 0.3) is 0 Å². The zero-order valence-corrected chi connectivity index (χ0v) is 15.9. The number of carbonyl (C=O) groups excluding carboxylic acids is 1. The Balaban J connectivity index is 1.62. The van der Waals surface area contributed by atoms with Crippen LogP contribution in [0, 0.1) is 0 Å². The Hall–Kier alpha value is -2.30. The number of hydrogen-bond donors (Lipinski definition) is 1. The van der Waals surface area contributed by atoms with Gasteiger partial charge in [0.2, 0.25) is 5.13 Å². The molecule has 7 nitrogen and oxygen atoms in total. The Kier molecular flexibility index (Phi) is 4.47.